The molecule has 0 unspecified atom stereocenters. The van der Waals surface area contributed by atoms with E-state index in [2.05, 4.69) is 27.9 Å². The van der Waals surface area contributed by atoms with Crippen LogP contribution in [0.3, 0.4) is 0 Å². The number of halogens is 1. The average molecular weight is 475 g/mol. The van der Waals surface area contributed by atoms with Gasteiger partial charge in [-0.15, -0.1) is 0 Å². The zero-order valence-electron chi connectivity index (χ0n) is 15.6. The molecule has 1 aromatic carbocycles. The number of carbonyl (C=O) groups excluding carboxylic acids is 3. The topological polar surface area (TPSA) is 81.7 Å². The van der Waals surface area contributed by atoms with Crippen LogP contribution in [-0.4, -0.2) is 36.1 Å². The molecule has 1 rings (SSSR count). The highest BCUT2D eigenvalue weighted by molar-refractivity contribution is 14.1. The van der Waals surface area contributed by atoms with Crippen LogP contribution in [0.5, 0.6) is 0 Å². The fraction of sp³-hybridized carbons (Fsp3) is 0.526. The first-order valence-corrected chi connectivity index (χ1v) is 9.57. The predicted octanol–water partition coefficient (Wildman–Crippen LogP) is 3.00. The number of hydrogen-bond acceptors (Lipinski definition) is 5. The number of ether oxygens (including phenoxy) is 2. The van der Waals surface area contributed by atoms with Gasteiger partial charge in [0, 0.05) is 9.99 Å². The molecule has 1 N–H and O–H groups in total. The summed E-state index contributed by atoms with van der Waals surface area (Å²) in [5.41, 5.74) is 0.531. The molecule has 6 nitrogen and oxygen atoms in total. The molecule has 7 heteroatoms. The maximum absolute atomic E-state index is 11.9. The van der Waals surface area contributed by atoms with Crippen LogP contribution in [0.25, 0.3) is 0 Å². The number of hydrogen-bond donors (Lipinski definition) is 1. The molecule has 0 fully saturated rings. The second-order valence-electron chi connectivity index (χ2n) is 6.96. The third kappa shape index (κ3) is 9.74. The lowest BCUT2D eigenvalue weighted by molar-refractivity contribution is -0.167. The van der Waals surface area contributed by atoms with Gasteiger partial charge in [0.25, 0.3) is 0 Å². The fourth-order valence-electron chi connectivity index (χ4n) is 2.10. The van der Waals surface area contributed by atoms with Gasteiger partial charge in [-0.05, 0) is 80.8 Å². The number of aryl methyl sites for hydroxylation is 1. The summed E-state index contributed by atoms with van der Waals surface area (Å²) in [6.45, 7) is 6.24. The Morgan fingerprint density at radius 3 is 2.35 bits per heavy atom. The van der Waals surface area contributed by atoms with Crippen molar-refractivity contribution in [2.24, 2.45) is 0 Å². The van der Waals surface area contributed by atoms with Crippen molar-refractivity contribution in [2.45, 2.75) is 58.6 Å². The lowest BCUT2D eigenvalue weighted by Crippen LogP contribution is -2.40. The quantitative estimate of drug-likeness (QED) is 0.462. The van der Waals surface area contributed by atoms with Gasteiger partial charge in [0.1, 0.15) is 11.6 Å². The molecule has 0 bridgehead atoms. The molecule has 0 aliphatic rings. The van der Waals surface area contributed by atoms with E-state index in [-0.39, 0.29) is 5.91 Å². The molecule has 0 spiro atoms. The Hall–Kier alpha value is -1.64. The molecular weight excluding hydrogens is 449 g/mol. The van der Waals surface area contributed by atoms with Crippen LogP contribution in [0, 0.1) is 3.57 Å². The molecular formula is C19H26INO5. The molecule has 0 radical (unpaired) electrons. The van der Waals surface area contributed by atoms with Gasteiger partial charge in [0.2, 0.25) is 5.91 Å². The molecule has 0 heterocycles. The van der Waals surface area contributed by atoms with Crippen LogP contribution >= 0.6 is 22.6 Å². The van der Waals surface area contributed by atoms with E-state index in [0.717, 1.165) is 6.42 Å². The first-order chi connectivity index (χ1) is 12.1. The zero-order valence-corrected chi connectivity index (χ0v) is 17.8. The largest absolute Gasteiger partial charge is 0.457 e. The number of rotatable bonds is 8. The molecule has 1 aromatic rings. The Kier molecular flexibility index (Phi) is 9.04. The Morgan fingerprint density at radius 1 is 1.15 bits per heavy atom. The van der Waals surface area contributed by atoms with Crippen LogP contribution in [-0.2, 0) is 30.3 Å². The standard InChI is InChI=1S/C19H26INO5/c1-13(18(24)25-12-17(23)26-19(2,3)4)21-16(22)7-5-6-14-8-10-15(20)11-9-14/h8-11,13H,5-7,12H2,1-4H3,(H,21,22)/t13-/m0/s1. The minimum absolute atomic E-state index is 0.225. The van der Waals surface area contributed by atoms with Gasteiger partial charge in [0.15, 0.2) is 6.61 Å². The highest BCUT2D eigenvalue weighted by Gasteiger charge is 2.21. The Morgan fingerprint density at radius 2 is 1.77 bits per heavy atom. The van der Waals surface area contributed by atoms with Crippen molar-refractivity contribution in [1.29, 1.82) is 0 Å². The van der Waals surface area contributed by atoms with Crippen LogP contribution in [0.15, 0.2) is 24.3 Å². The number of esters is 2. The molecule has 144 valence electrons. The number of carbonyl (C=O) groups is 3. The normalized spacial score (nSPS) is 12.2. The lowest BCUT2D eigenvalue weighted by atomic mass is 10.1. The van der Waals surface area contributed by atoms with Gasteiger partial charge in [0.05, 0.1) is 0 Å². The van der Waals surface area contributed by atoms with E-state index in [9.17, 15) is 14.4 Å². The van der Waals surface area contributed by atoms with E-state index < -0.39 is 30.2 Å². The molecule has 26 heavy (non-hydrogen) atoms. The third-order valence-electron chi connectivity index (χ3n) is 3.27. The Balaban J connectivity index is 2.26. The van der Waals surface area contributed by atoms with Crippen LogP contribution in [0.2, 0.25) is 0 Å². The molecule has 0 aliphatic carbocycles. The van der Waals surface area contributed by atoms with Gasteiger partial charge >= 0.3 is 11.9 Å². The van der Waals surface area contributed by atoms with Gasteiger partial charge in [-0.2, -0.15) is 0 Å². The van der Waals surface area contributed by atoms with Crippen LogP contribution < -0.4 is 5.32 Å². The van der Waals surface area contributed by atoms with Crippen molar-refractivity contribution < 1.29 is 23.9 Å². The van der Waals surface area contributed by atoms with Gasteiger partial charge < -0.3 is 14.8 Å². The number of amides is 1. The second-order valence-corrected chi connectivity index (χ2v) is 8.21. The maximum atomic E-state index is 11.9. The number of benzene rings is 1. The predicted molar refractivity (Wildman–Crippen MR) is 107 cm³/mol. The summed E-state index contributed by atoms with van der Waals surface area (Å²) in [4.78, 5) is 35.3. The van der Waals surface area contributed by atoms with E-state index >= 15 is 0 Å². The SMILES string of the molecule is C[C@H](NC(=O)CCCc1ccc(I)cc1)C(=O)OCC(=O)OC(C)(C)C. The number of nitrogens with one attached hydrogen (secondary N) is 1. The molecule has 1 atom stereocenters. The average Bonchev–Trinajstić information content (AvgIpc) is 2.52. The van der Waals surface area contributed by atoms with E-state index in [0.29, 0.717) is 12.8 Å². The summed E-state index contributed by atoms with van der Waals surface area (Å²) in [5.74, 6) is -1.51. The van der Waals surface area contributed by atoms with Crippen molar-refractivity contribution in [2.75, 3.05) is 6.61 Å². The van der Waals surface area contributed by atoms with E-state index in [1.807, 2.05) is 24.3 Å². The van der Waals surface area contributed by atoms with Gasteiger partial charge in [-0.3, -0.25) is 4.79 Å². The summed E-state index contributed by atoms with van der Waals surface area (Å²) in [6.07, 6.45) is 1.80. The van der Waals surface area contributed by atoms with Crippen molar-refractivity contribution in [3.63, 3.8) is 0 Å². The first kappa shape index (κ1) is 22.4. The minimum atomic E-state index is -0.816. The van der Waals surface area contributed by atoms with Crippen molar-refractivity contribution in [1.82, 2.24) is 5.32 Å². The summed E-state index contributed by atoms with van der Waals surface area (Å²) < 4.78 is 11.1. The second kappa shape index (κ2) is 10.5. The summed E-state index contributed by atoms with van der Waals surface area (Å²) in [5, 5.41) is 2.58. The molecule has 0 aliphatic heterocycles. The summed E-state index contributed by atoms with van der Waals surface area (Å²) in [7, 11) is 0. The lowest BCUT2D eigenvalue weighted by Gasteiger charge is -2.19. The monoisotopic (exact) mass is 475 g/mol. The van der Waals surface area contributed by atoms with E-state index in [1.54, 1.807) is 20.8 Å². The van der Waals surface area contributed by atoms with Gasteiger partial charge in [-0.25, -0.2) is 9.59 Å². The zero-order chi connectivity index (χ0) is 19.7. The van der Waals surface area contributed by atoms with E-state index in [1.165, 1.54) is 16.1 Å². The Bertz CT molecular complexity index is 622. The molecule has 0 saturated carbocycles. The van der Waals surface area contributed by atoms with Gasteiger partial charge in [-0.1, -0.05) is 12.1 Å². The Labute approximate surface area is 168 Å². The fourth-order valence-corrected chi connectivity index (χ4v) is 2.46. The smallest absolute Gasteiger partial charge is 0.344 e. The molecule has 1 amide bonds. The minimum Gasteiger partial charge on any atom is -0.457 e. The summed E-state index contributed by atoms with van der Waals surface area (Å²) in [6, 6.07) is 7.31. The third-order valence-corrected chi connectivity index (χ3v) is 3.99. The van der Waals surface area contributed by atoms with Crippen molar-refractivity contribution in [3.05, 3.63) is 33.4 Å². The van der Waals surface area contributed by atoms with Crippen molar-refractivity contribution >= 4 is 40.4 Å². The molecule has 0 saturated heterocycles. The van der Waals surface area contributed by atoms with Crippen LogP contribution in [0.4, 0.5) is 0 Å². The first-order valence-electron chi connectivity index (χ1n) is 8.49. The molecule has 0 aromatic heterocycles. The maximum Gasteiger partial charge on any atom is 0.344 e. The van der Waals surface area contributed by atoms with E-state index in [4.69, 9.17) is 9.47 Å². The highest BCUT2D eigenvalue weighted by atomic mass is 127. The highest BCUT2D eigenvalue weighted by Crippen LogP contribution is 2.10. The van der Waals surface area contributed by atoms with Crippen LogP contribution in [0.1, 0.15) is 46.1 Å². The summed E-state index contributed by atoms with van der Waals surface area (Å²) >= 11 is 2.24. The van der Waals surface area contributed by atoms with Crippen molar-refractivity contribution in [3.8, 4) is 0 Å².